The lowest BCUT2D eigenvalue weighted by molar-refractivity contribution is 0.675. The molecule has 3 nitrogen and oxygen atoms in total. The highest BCUT2D eigenvalue weighted by Crippen LogP contribution is 2.28. The fourth-order valence-electron chi connectivity index (χ4n) is 2.65. The van der Waals surface area contributed by atoms with E-state index in [0.29, 0.717) is 5.25 Å². The Labute approximate surface area is 132 Å². The standard InChI is InChI=1S/C17H25N3S/c1-3-7-19-12-14-5-6-17(15(10-14)11-18)20-8-9-21-16(4-2)13-20/h5-6,10,16,19H,3-4,7-9,12-13H2,1-2H3. The van der Waals surface area contributed by atoms with E-state index in [1.807, 2.05) is 6.07 Å². The molecule has 1 saturated heterocycles. The Kier molecular flexibility index (Phi) is 6.41. The van der Waals surface area contributed by atoms with E-state index < -0.39 is 0 Å². The van der Waals surface area contributed by atoms with E-state index in [9.17, 15) is 5.26 Å². The van der Waals surface area contributed by atoms with E-state index >= 15 is 0 Å². The van der Waals surface area contributed by atoms with Gasteiger partial charge in [0.25, 0.3) is 0 Å². The molecule has 4 heteroatoms. The predicted molar refractivity (Wildman–Crippen MR) is 91.9 cm³/mol. The van der Waals surface area contributed by atoms with Crippen molar-refractivity contribution >= 4 is 17.4 Å². The van der Waals surface area contributed by atoms with Gasteiger partial charge in [0.15, 0.2) is 0 Å². The highest BCUT2D eigenvalue weighted by molar-refractivity contribution is 8.00. The summed E-state index contributed by atoms with van der Waals surface area (Å²) in [7, 11) is 0. The summed E-state index contributed by atoms with van der Waals surface area (Å²) in [5, 5.41) is 13.5. The van der Waals surface area contributed by atoms with Crippen LogP contribution in [0.15, 0.2) is 18.2 Å². The minimum Gasteiger partial charge on any atom is -0.369 e. The molecular formula is C17H25N3S. The summed E-state index contributed by atoms with van der Waals surface area (Å²) >= 11 is 2.06. The number of benzene rings is 1. The average molecular weight is 303 g/mol. The van der Waals surface area contributed by atoms with E-state index in [0.717, 1.165) is 49.6 Å². The molecule has 0 amide bonds. The van der Waals surface area contributed by atoms with Crippen molar-refractivity contribution in [2.75, 3.05) is 30.3 Å². The van der Waals surface area contributed by atoms with Gasteiger partial charge >= 0.3 is 0 Å². The Morgan fingerprint density at radius 1 is 1.43 bits per heavy atom. The minimum absolute atomic E-state index is 0.691. The number of nitrogens with zero attached hydrogens (tertiary/aromatic N) is 2. The lowest BCUT2D eigenvalue weighted by atomic mass is 10.1. The van der Waals surface area contributed by atoms with E-state index in [1.165, 1.54) is 12.0 Å². The topological polar surface area (TPSA) is 39.1 Å². The molecule has 0 bridgehead atoms. The van der Waals surface area contributed by atoms with E-state index in [-0.39, 0.29) is 0 Å². The summed E-state index contributed by atoms with van der Waals surface area (Å²) in [5.74, 6) is 1.16. The van der Waals surface area contributed by atoms with E-state index in [4.69, 9.17) is 0 Å². The summed E-state index contributed by atoms with van der Waals surface area (Å²) in [6.07, 6.45) is 2.33. The van der Waals surface area contributed by atoms with Gasteiger partial charge < -0.3 is 10.2 Å². The number of hydrogen-bond donors (Lipinski definition) is 1. The van der Waals surface area contributed by atoms with E-state index in [2.05, 4.69) is 54.0 Å². The van der Waals surface area contributed by atoms with Gasteiger partial charge in [-0.25, -0.2) is 0 Å². The van der Waals surface area contributed by atoms with Gasteiger partial charge in [-0.3, -0.25) is 0 Å². The van der Waals surface area contributed by atoms with Gasteiger partial charge in [-0.15, -0.1) is 0 Å². The van der Waals surface area contributed by atoms with Crippen molar-refractivity contribution < 1.29 is 0 Å². The van der Waals surface area contributed by atoms with Crippen LogP contribution in [-0.4, -0.2) is 30.6 Å². The van der Waals surface area contributed by atoms with Crippen molar-refractivity contribution in [3.8, 4) is 6.07 Å². The number of nitriles is 1. The molecule has 0 spiro atoms. The van der Waals surface area contributed by atoms with Crippen LogP contribution in [0.4, 0.5) is 5.69 Å². The predicted octanol–water partition coefficient (Wildman–Crippen LogP) is 3.39. The second kappa shape index (κ2) is 8.31. The fraction of sp³-hybridized carbons (Fsp3) is 0.588. The molecule has 0 aromatic heterocycles. The van der Waals surface area contributed by atoms with E-state index in [1.54, 1.807) is 0 Å². The second-order valence-electron chi connectivity index (χ2n) is 5.49. The molecule has 1 unspecified atom stereocenters. The summed E-state index contributed by atoms with van der Waals surface area (Å²) in [4.78, 5) is 2.38. The summed E-state index contributed by atoms with van der Waals surface area (Å²) in [5.41, 5.74) is 3.12. The molecular weight excluding hydrogens is 278 g/mol. The molecule has 1 aliphatic rings. The van der Waals surface area contributed by atoms with Crippen LogP contribution in [0, 0.1) is 11.3 Å². The highest BCUT2D eigenvalue weighted by Gasteiger charge is 2.21. The van der Waals surface area contributed by atoms with Crippen LogP contribution in [0.3, 0.4) is 0 Å². The summed E-state index contributed by atoms with van der Waals surface area (Å²) in [6.45, 7) is 8.37. The lowest BCUT2D eigenvalue weighted by Gasteiger charge is -2.34. The van der Waals surface area contributed by atoms with Gasteiger partial charge in [-0.05, 0) is 37.1 Å². The quantitative estimate of drug-likeness (QED) is 0.818. The van der Waals surface area contributed by atoms with Crippen molar-refractivity contribution in [3.63, 3.8) is 0 Å². The zero-order valence-electron chi connectivity index (χ0n) is 13.1. The van der Waals surface area contributed by atoms with Crippen LogP contribution < -0.4 is 10.2 Å². The Morgan fingerprint density at radius 3 is 3.00 bits per heavy atom. The van der Waals surface area contributed by atoms with Crippen molar-refractivity contribution in [3.05, 3.63) is 29.3 Å². The van der Waals surface area contributed by atoms with Crippen molar-refractivity contribution in [2.24, 2.45) is 0 Å². The number of nitrogens with one attached hydrogen (secondary N) is 1. The first kappa shape index (κ1) is 16.2. The second-order valence-corrected chi connectivity index (χ2v) is 6.90. The monoisotopic (exact) mass is 303 g/mol. The summed E-state index contributed by atoms with van der Waals surface area (Å²) in [6, 6.07) is 8.71. The van der Waals surface area contributed by atoms with Crippen LogP contribution in [0.2, 0.25) is 0 Å². The van der Waals surface area contributed by atoms with Crippen molar-refractivity contribution in [1.82, 2.24) is 5.32 Å². The van der Waals surface area contributed by atoms with Gasteiger partial charge in [0.05, 0.1) is 11.3 Å². The number of thioether (sulfide) groups is 1. The molecule has 1 heterocycles. The molecule has 2 rings (SSSR count). The maximum absolute atomic E-state index is 9.47. The van der Waals surface area contributed by atoms with Crippen LogP contribution in [0.25, 0.3) is 0 Å². The maximum Gasteiger partial charge on any atom is 0.101 e. The lowest BCUT2D eigenvalue weighted by Crippen LogP contribution is -2.38. The van der Waals surface area contributed by atoms with Crippen molar-refractivity contribution in [2.45, 2.75) is 38.5 Å². The highest BCUT2D eigenvalue weighted by atomic mass is 32.2. The van der Waals surface area contributed by atoms with Gasteiger partial charge in [0.1, 0.15) is 6.07 Å². The van der Waals surface area contributed by atoms with Crippen molar-refractivity contribution in [1.29, 1.82) is 5.26 Å². The molecule has 1 atom stereocenters. The molecule has 1 aromatic carbocycles. The molecule has 1 aliphatic heterocycles. The van der Waals surface area contributed by atoms with Gasteiger partial charge in [0.2, 0.25) is 0 Å². The molecule has 114 valence electrons. The third-order valence-electron chi connectivity index (χ3n) is 3.87. The molecule has 1 fully saturated rings. The van der Waals surface area contributed by atoms with Crippen LogP contribution >= 0.6 is 11.8 Å². The van der Waals surface area contributed by atoms with Gasteiger partial charge in [-0.1, -0.05) is 19.9 Å². The third kappa shape index (κ3) is 4.39. The van der Waals surface area contributed by atoms with Crippen LogP contribution in [-0.2, 0) is 6.54 Å². The third-order valence-corrected chi connectivity index (χ3v) is 5.24. The van der Waals surface area contributed by atoms with Crippen LogP contribution in [0.1, 0.15) is 37.8 Å². The molecule has 1 N–H and O–H groups in total. The first-order chi connectivity index (χ1) is 10.3. The normalized spacial score (nSPS) is 18.5. The first-order valence-corrected chi connectivity index (χ1v) is 8.93. The van der Waals surface area contributed by atoms with Crippen LogP contribution in [0.5, 0.6) is 0 Å². The molecule has 21 heavy (non-hydrogen) atoms. The SMILES string of the molecule is CCCNCc1ccc(N2CCSC(CC)C2)c(C#N)c1. The largest absolute Gasteiger partial charge is 0.369 e. The maximum atomic E-state index is 9.47. The molecule has 0 radical (unpaired) electrons. The molecule has 0 saturated carbocycles. The smallest absolute Gasteiger partial charge is 0.101 e. The molecule has 1 aromatic rings. The first-order valence-electron chi connectivity index (χ1n) is 7.88. The van der Waals surface area contributed by atoms with Gasteiger partial charge in [0, 0.05) is 30.6 Å². The number of rotatable bonds is 6. The Balaban J connectivity index is 2.10. The fourth-order valence-corrected chi connectivity index (χ4v) is 3.83. The van der Waals surface area contributed by atoms with Gasteiger partial charge in [-0.2, -0.15) is 17.0 Å². The molecule has 0 aliphatic carbocycles. The Bertz CT molecular complexity index is 495. The Hall–Kier alpha value is -1.18. The Morgan fingerprint density at radius 2 is 2.29 bits per heavy atom. The summed E-state index contributed by atoms with van der Waals surface area (Å²) < 4.78 is 0. The average Bonchev–Trinajstić information content (AvgIpc) is 2.55. The zero-order chi connectivity index (χ0) is 15.1. The number of anilines is 1. The minimum atomic E-state index is 0.691. The number of hydrogen-bond acceptors (Lipinski definition) is 4. The zero-order valence-corrected chi connectivity index (χ0v) is 13.9.